The molecular formula is C48H31BrN2. The first kappa shape index (κ1) is 29.7. The van der Waals surface area contributed by atoms with Gasteiger partial charge in [-0.15, -0.1) is 0 Å². The summed E-state index contributed by atoms with van der Waals surface area (Å²) in [7, 11) is 0. The lowest BCUT2D eigenvalue weighted by Gasteiger charge is -2.11. The second-order valence-electron chi connectivity index (χ2n) is 13.1. The molecule has 8 aromatic carbocycles. The van der Waals surface area contributed by atoms with Crippen molar-refractivity contribution in [1.29, 1.82) is 0 Å². The van der Waals surface area contributed by atoms with Crippen molar-refractivity contribution in [1.82, 2.24) is 9.13 Å². The van der Waals surface area contributed by atoms with Crippen molar-refractivity contribution in [2.45, 2.75) is 0 Å². The van der Waals surface area contributed by atoms with Gasteiger partial charge >= 0.3 is 0 Å². The summed E-state index contributed by atoms with van der Waals surface area (Å²) in [4.78, 5) is 0. The number of aromatic nitrogens is 2. The summed E-state index contributed by atoms with van der Waals surface area (Å²) < 4.78 is 5.78. The van der Waals surface area contributed by atoms with Gasteiger partial charge in [0.05, 0.1) is 22.1 Å². The van der Waals surface area contributed by atoms with Gasteiger partial charge in [-0.25, -0.2) is 0 Å². The van der Waals surface area contributed by atoms with Gasteiger partial charge in [0.1, 0.15) is 0 Å². The minimum absolute atomic E-state index is 1.06. The van der Waals surface area contributed by atoms with Gasteiger partial charge in [0.15, 0.2) is 0 Å². The molecule has 2 nitrogen and oxygen atoms in total. The third-order valence-corrected chi connectivity index (χ3v) is 10.6. The maximum atomic E-state index is 3.81. The van der Waals surface area contributed by atoms with Gasteiger partial charge in [-0.05, 0) is 106 Å². The van der Waals surface area contributed by atoms with Crippen LogP contribution >= 0.6 is 15.9 Å². The molecule has 0 aliphatic carbocycles. The molecule has 51 heavy (non-hydrogen) atoms. The van der Waals surface area contributed by atoms with Gasteiger partial charge in [0.2, 0.25) is 0 Å². The fourth-order valence-electron chi connectivity index (χ4n) is 7.79. The number of halogens is 1. The summed E-state index contributed by atoms with van der Waals surface area (Å²) in [6, 6.07) is 68.1. The number of benzene rings is 8. The zero-order chi connectivity index (χ0) is 33.9. The summed E-state index contributed by atoms with van der Waals surface area (Å²) in [6.07, 6.45) is 0. The standard InChI is InChI=1S/C48H31BrN2/c49-38-29-36(28-37(30-38)34-22-25-40(26-23-34)51-45-15-7-4-12-41(45)42-13-5-8-16-46(42)51)33-20-18-32(19-21-33)35-24-27-48-44(31-35)43-14-6-9-17-47(43)50(48)39-10-2-1-3-11-39/h1-31H. The quantitative estimate of drug-likeness (QED) is 0.168. The molecule has 0 amide bonds. The fraction of sp³-hybridized carbons (Fsp3) is 0. The van der Waals surface area contributed by atoms with Crippen molar-refractivity contribution in [3.8, 4) is 44.8 Å². The molecule has 0 aliphatic rings. The van der Waals surface area contributed by atoms with E-state index in [1.807, 2.05) is 0 Å². The molecule has 10 aromatic rings. The molecule has 240 valence electrons. The summed E-state index contributed by atoms with van der Waals surface area (Å²) >= 11 is 3.81. The molecule has 0 radical (unpaired) electrons. The van der Waals surface area contributed by atoms with E-state index in [0.29, 0.717) is 0 Å². The highest BCUT2D eigenvalue weighted by Crippen LogP contribution is 2.37. The van der Waals surface area contributed by atoms with Crippen LogP contribution < -0.4 is 0 Å². The molecule has 0 spiro atoms. The van der Waals surface area contributed by atoms with Gasteiger partial charge < -0.3 is 9.13 Å². The predicted molar refractivity (Wildman–Crippen MR) is 219 cm³/mol. The van der Waals surface area contributed by atoms with E-state index in [-0.39, 0.29) is 0 Å². The maximum absolute atomic E-state index is 3.81. The Bertz CT molecular complexity index is 2840. The van der Waals surface area contributed by atoms with Crippen LogP contribution in [-0.2, 0) is 0 Å². The number of hydrogen-bond acceptors (Lipinski definition) is 0. The first-order valence-corrected chi connectivity index (χ1v) is 18.1. The van der Waals surface area contributed by atoms with E-state index in [4.69, 9.17) is 0 Å². The van der Waals surface area contributed by atoms with Crippen LogP contribution in [0.2, 0.25) is 0 Å². The van der Waals surface area contributed by atoms with Crippen LogP contribution in [0.1, 0.15) is 0 Å². The van der Waals surface area contributed by atoms with E-state index in [0.717, 1.165) is 10.2 Å². The minimum Gasteiger partial charge on any atom is -0.309 e. The Labute approximate surface area is 304 Å². The van der Waals surface area contributed by atoms with Crippen LogP contribution in [0.5, 0.6) is 0 Å². The van der Waals surface area contributed by atoms with Crippen molar-refractivity contribution < 1.29 is 0 Å². The minimum atomic E-state index is 1.06. The highest BCUT2D eigenvalue weighted by Gasteiger charge is 2.14. The van der Waals surface area contributed by atoms with Gasteiger partial charge in [-0.3, -0.25) is 0 Å². The largest absolute Gasteiger partial charge is 0.309 e. The molecule has 0 unspecified atom stereocenters. The first-order valence-electron chi connectivity index (χ1n) is 17.3. The van der Waals surface area contributed by atoms with E-state index in [1.54, 1.807) is 0 Å². The topological polar surface area (TPSA) is 9.86 Å². The van der Waals surface area contributed by atoms with E-state index in [9.17, 15) is 0 Å². The lowest BCUT2D eigenvalue weighted by atomic mass is 9.96. The van der Waals surface area contributed by atoms with Crippen LogP contribution in [0.3, 0.4) is 0 Å². The Morgan fingerprint density at radius 2 is 0.667 bits per heavy atom. The highest BCUT2D eigenvalue weighted by atomic mass is 79.9. The number of rotatable bonds is 5. The SMILES string of the molecule is Brc1cc(-c2ccc(-c3ccc4c(c3)c3ccccc3n4-c3ccccc3)cc2)cc(-c2ccc(-n3c4ccccc4c4ccccc43)cc2)c1. The maximum Gasteiger partial charge on any atom is 0.0541 e. The Morgan fingerprint density at radius 1 is 0.275 bits per heavy atom. The van der Waals surface area contributed by atoms with E-state index >= 15 is 0 Å². The zero-order valence-corrected chi connectivity index (χ0v) is 29.3. The van der Waals surface area contributed by atoms with E-state index in [2.05, 4.69) is 213 Å². The second kappa shape index (κ2) is 12.0. The van der Waals surface area contributed by atoms with Gasteiger partial charge in [-0.1, -0.05) is 131 Å². The fourth-order valence-corrected chi connectivity index (χ4v) is 8.28. The Kier molecular flexibility index (Phi) is 7.00. The molecule has 3 heteroatoms. The van der Waals surface area contributed by atoms with Crippen LogP contribution in [-0.4, -0.2) is 9.13 Å². The molecule has 0 saturated heterocycles. The molecule has 10 rings (SSSR count). The molecule has 0 N–H and O–H groups in total. The summed E-state index contributed by atoms with van der Waals surface area (Å²) in [5, 5.41) is 5.07. The van der Waals surface area contributed by atoms with Crippen molar-refractivity contribution in [2.24, 2.45) is 0 Å². The van der Waals surface area contributed by atoms with Crippen LogP contribution in [0.4, 0.5) is 0 Å². The lowest BCUT2D eigenvalue weighted by molar-refractivity contribution is 1.18. The van der Waals surface area contributed by atoms with Crippen molar-refractivity contribution in [2.75, 3.05) is 0 Å². The van der Waals surface area contributed by atoms with E-state index < -0.39 is 0 Å². The zero-order valence-electron chi connectivity index (χ0n) is 27.7. The Morgan fingerprint density at radius 3 is 1.22 bits per heavy atom. The molecule has 0 bridgehead atoms. The Hall–Kier alpha value is -6.16. The van der Waals surface area contributed by atoms with Gasteiger partial charge in [-0.2, -0.15) is 0 Å². The molecule has 2 aromatic heterocycles. The monoisotopic (exact) mass is 714 g/mol. The first-order chi connectivity index (χ1) is 25.2. The number of hydrogen-bond donors (Lipinski definition) is 0. The number of fused-ring (bicyclic) bond motifs is 6. The van der Waals surface area contributed by atoms with Crippen LogP contribution in [0.15, 0.2) is 193 Å². The third-order valence-electron chi connectivity index (χ3n) is 10.2. The predicted octanol–water partition coefficient (Wildman–Crippen LogP) is 13.6. The number of nitrogens with zero attached hydrogens (tertiary/aromatic N) is 2. The summed E-state index contributed by atoms with van der Waals surface area (Å²) in [5.41, 5.74) is 14.3. The van der Waals surface area contributed by atoms with Crippen molar-refractivity contribution in [3.63, 3.8) is 0 Å². The average molecular weight is 716 g/mol. The lowest BCUT2D eigenvalue weighted by Crippen LogP contribution is -1.93. The molecular weight excluding hydrogens is 684 g/mol. The molecule has 0 atom stereocenters. The normalized spacial score (nSPS) is 11.6. The van der Waals surface area contributed by atoms with Gasteiger partial charge in [0, 0.05) is 37.4 Å². The smallest absolute Gasteiger partial charge is 0.0541 e. The molecule has 0 saturated carbocycles. The third kappa shape index (κ3) is 5.00. The van der Waals surface area contributed by atoms with Crippen LogP contribution in [0.25, 0.3) is 88.4 Å². The average Bonchev–Trinajstić information content (AvgIpc) is 3.71. The summed E-state index contributed by atoms with van der Waals surface area (Å²) in [6.45, 7) is 0. The van der Waals surface area contributed by atoms with Crippen LogP contribution in [0, 0.1) is 0 Å². The molecule has 0 aliphatic heterocycles. The Balaban J connectivity index is 0.979. The molecule has 0 fully saturated rings. The molecule has 2 heterocycles. The number of para-hydroxylation sites is 4. The highest BCUT2D eigenvalue weighted by molar-refractivity contribution is 9.10. The van der Waals surface area contributed by atoms with Gasteiger partial charge in [0.25, 0.3) is 0 Å². The second-order valence-corrected chi connectivity index (χ2v) is 14.1. The van der Waals surface area contributed by atoms with Crippen molar-refractivity contribution >= 4 is 59.5 Å². The van der Waals surface area contributed by atoms with Crippen molar-refractivity contribution in [3.05, 3.63) is 193 Å². The van der Waals surface area contributed by atoms with E-state index in [1.165, 1.54) is 82.7 Å². The summed E-state index contributed by atoms with van der Waals surface area (Å²) in [5.74, 6) is 0.